The Morgan fingerprint density at radius 2 is 0.787 bits per heavy atom. The summed E-state index contributed by atoms with van der Waals surface area (Å²) in [5.74, 6) is -0.0439. The van der Waals surface area contributed by atoms with Gasteiger partial charge in [-0.15, -0.1) is 0 Å². The molecule has 6 heteroatoms. The Hall–Kier alpha value is -1.40. The Labute approximate surface area is 380 Å². The molecule has 0 spiro atoms. The van der Waals surface area contributed by atoms with Crippen LogP contribution in [0, 0.1) is 0 Å². The molecule has 0 aromatic carbocycles. The zero-order chi connectivity index (χ0) is 44.4. The number of nitrogens with one attached hydrogen (secondary N) is 1. The van der Waals surface area contributed by atoms with Crippen LogP contribution in [-0.2, 0) is 14.3 Å². The second kappa shape index (κ2) is 51.2. The van der Waals surface area contributed by atoms with Crippen LogP contribution in [0.1, 0.15) is 303 Å². The molecular weight excluding hydrogens is 755 g/mol. The summed E-state index contributed by atoms with van der Waals surface area (Å²) in [4.78, 5) is 24.4. The Morgan fingerprint density at radius 3 is 1.21 bits per heavy atom. The zero-order valence-corrected chi connectivity index (χ0v) is 41.2. The van der Waals surface area contributed by atoms with E-state index in [4.69, 9.17) is 4.74 Å². The van der Waals surface area contributed by atoms with Gasteiger partial charge in [0.15, 0.2) is 0 Å². The van der Waals surface area contributed by atoms with Crippen molar-refractivity contribution < 1.29 is 24.5 Å². The van der Waals surface area contributed by atoms with E-state index in [-0.39, 0.29) is 18.5 Å². The molecule has 0 rings (SSSR count). The van der Waals surface area contributed by atoms with Crippen LogP contribution in [0.4, 0.5) is 0 Å². The van der Waals surface area contributed by atoms with E-state index in [9.17, 15) is 19.8 Å². The number of rotatable bonds is 51. The second-order valence-corrected chi connectivity index (χ2v) is 18.9. The maximum atomic E-state index is 12.5. The number of aliphatic hydroxyl groups excluding tert-OH is 2. The van der Waals surface area contributed by atoms with E-state index in [1.165, 1.54) is 225 Å². The highest BCUT2D eigenvalue weighted by Gasteiger charge is 2.20. The first-order valence-corrected chi connectivity index (χ1v) is 27.4. The van der Waals surface area contributed by atoms with Crippen molar-refractivity contribution >= 4 is 11.9 Å². The number of hydrogen-bond donors (Lipinski definition) is 3. The minimum absolute atomic E-state index is 0.00532. The summed E-state index contributed by atoms with van der Waals surface area (Å²) in [5.41, 5.74) is 0. The third-order valence-corrected chi connectivity index (χ3v) is 12.8. The van der Waals surface area contributed by atoms with Crippen molar-refractivity contribution in [1.82, 2.24) is 5.32 Å². The number of carbonyl (C=O) groups is 2. The van der Waals surface area contributed by atoms with E-state index >= 15 is 0 Å². The molecule has 2 unspecified atom stereocenters. The maximum absolute atomic E-state index is 12.5. The molecule has 0 aromatic rings. The minimum Gasteiger partial charge on any atom is -0.466 e. The van der Waals surface area contributed by atoms with Crippen molar-refractivity contribution in [2.24, 2.45) is 0 Å². The van der Waals surface area contributed by atoms with Crippen molar-refractivity contribution in [1.29, 1.82) is 0 Å². The molecule has 0 aliphatic rings. The zero-order valence-electron chi connectivity index (χ0n) is 41.2. The monoisotopic (exact) mass is 862 g/mol. The van der Waals surface area contributed by atoms with E-state index in [0.29, 0.717) is 25.9 Å². The largest absolute Gasteiger partial charge is 0.466 e. The fourth-order valence-corrected chi connectivity index (χ4v) is 8.56. The van der Waals surface area contributed by atoms with Crippen molar-refractivity contribution in [2.45, 2.75) is 315 Å². The molecule has 0 radical (unpaired) electrons. The van der Waals surface area contributed by atoms with Gasteiger partial charge >= 0.3 is 5.97 Å². The van der Waals surface area contributed by atoms with Crippen LogP contribution in [0.5, 0.6) is 0 Å². The highest BCUT2D eigenvalue weighted by atomic mass is 16.5. The Bertz CT molecular complexity index is 909. The van der Waals surface area contributed by atoms with Gasteiger partial charge in [0, 0.05) is 12.8 Å². The van der Waals surface area contributed by atoms with Crippen LogP contribution < -0.4 is 5.32 Å². The van der Waals surface area contributed by atoms with Crippen LogP contribution >= 0.6 is 0 Å². The molecule has 0 bridgehead atoms. The average molecular weight is 862 g/mol. The molecule has 3 N–H and O–H groups in total. The van der Waals surface area contributed by atoms with Gasteiger partial charge in [-0.05, 0) is 44.9 Å². The molecule has 0 saturated heterocycles. The van der Waals surface area contributed by atoms with Gasteiger partial charge in [-0.1, -0.05) is 257 Å². The number of hydrogen-bond acceptors (Lipinski definition) is 5. The molecule has 362 valence electrons. The molecule has 6 nitrogen and oxygen atoms in total. The lowest BCUT2D eigenvalue weighted by molar-refractivity contribution is -0.143. The number of esters is 1. The molecule has 1 amide bonds. The average Bonchev–Trinajstić information content (AvgIpc) is 3.26. The highest BCUT2D eigenvalue weighted by Crippen LogP contribution is 2.17. The van der Waals surface area contributed by atoms with Crippen LogP contribution in [0.25, 0.3) is 0 Å². The van der Waals surface area contributed by atoms with Gasteiger partial charge in [0.05, 0.1) is 25.4 Å². The van der Waals surface area contributed by atoms with Gasteiger partial charge in [-0.25, -0.2) is 0 Å². The molecule has 0 aromatic heterocycles. The standard InChI is InChI=1S/C55H107NO5/c1-3-5-7-9-11-13-15-16-17-21-24-28-31-35-39-43-47-53(58)52(51-57)56-54(59)48-44-40-36-32-29-25-22-19-18-20-23-26-30-34-38-42-46-50-61-55(60)49-45-41-37-33-27-14-12-10-8-6-4-2/h10,12,52-53,57-58H,3-9,11,13-51H2,1-2H3,(H,56,59)/b12-10-. The molecular formula is C55H107NO5. The number of carbonyl (C=O) groups excluding carboxylic acids is 2. The predicted octanol–water partition coefficient (Wildman–Crippen LogP) is 16.5. The van der Waals surface area contributed by atoms with Crippen molar-refractivity contribution in [3.8, 4) is 0 Å². The third-order valence-electron chi connectivity index (χ3n) is 12.8. The second-order valence-electron chi connectivity index (χ2n) is 18.9. The molecule has 2 atom stereocenters. The number of amides is 1. The van der Waals surface area contributed by atoms with Crippen LogP contribution in [-0.4, -0.2) is 47.4 Å². The Balaban J connectivity index is 3.42. The van der Waals surface area contributed by atoms with Crippen molar-refractivity contribution in [3.63, 3.8) is 0 Å². The van der Waals surface area contributed by atoms with Gasteiger partial charge in [-0.2, -0.15) is 0 Å². The summed E-state index contributed by atoms with van der Waals surface area (Å²) in [6, 6.07) is -0.544. The smallest absolute Gasteiger partial charge is 0.305 e. The number of unbranched alkanes of at least 4 members (excludes halogenated alkanes) is 38. The van der Waals surface area contributed by atoms with Crippen molar-refractivity contribution in [2.75, 3.05) is 13.2 Å². The Morgan fingerprint density at radius 1 is 0.443 bits per heavy atom. The predicted molar refractivity (Wildman–Crippen MR) is 264 cm³/mol. The lowest BCUT2D eigenvalue weighted by Gasteiger charge is -2.22. The SMILES string of the molecule is CCCC/C=C\CCCCCCCC(=O)OCCCCCCCCCCCCCCCCCCCC(=O)NC(CO)C(O)CCCCCCCCCCCCCCCCCC. The van der Waals surface area contributed by atoms with E-state index in [0.717, 1.165) is 44.9 Å². The highest BCUT2D eigenvalue weighted by molar-refractivity contribution is 5.76. The summed E-state index contributed by atoms with van der Waals surface area (Å²) in [6.45, 7) is 4.92. The Kier molecular flexibility index (Phi) is 50.1. The fourth-order valence-electron chi connectivity index (χ4n) is 8.56. The van der Waals surface area contributed by atoms with Gasteiger partial charge < -0.3 is 20.3 Å². The first-order chi connectivity index (χ1) is 30.0. The summed E-state index contributed by atoms with van der Waals surface area (Å²) in [5, 5.41) is 23.3. The van der Waals surface area contributed by atoms with E-state index in [2.05, 4.69) is 31.3 Å². The molecule has 0 saturated carbocycles. The van der Waals surface area contributed by atoms with Gasteiger partial charge in [-0.3, -0.25) is 9.59 Å². The molecule has 0 fully saturated rings. The molecule has 0 aliphatic heterocycles. The lowest BCUT2D eigenvalue weighted by atomic mass is 10.0. The van der Waals surface area contributed by atoms with Crippen molar-refractivity contribution in [3.05, 3.63) is 12.2 Å². The van der Waals surface area contributed by atoms with Gasteiger partial charge in [0.2, 0.25) is 5.91 Å². The molecule has 0 heterocycles. The van der Waals surface area contributed by atoms with E-state index < -0.39 is 12.1 Å². The van der Waals surface area contributed by atoms with Crippen LogP contribution in [0.3, 0.4) is 0 Å². The topological polar surface area (TPSA) is 95.9 Å². The van der Waals surface area contributed by atoms with E-state index in [1.54, 1.807) is 0 Å². The number of ether oxygens (including phenoxy) is 1. The summed E-state index contributed by atoms with van der Waals surface area (Å²) >= 11 is 0. The minimum atomic E-state index is -0.667. The van der Waals surface area contributed by atoms with E-state index in [1.807, 2.05) is 0 Å². The summed E-state index contributed by atoms with van der Waals surface area (Å²) in [6.07, 6.45) is 59.0. The number of aliphatic hydroxyl groups is 2. The van der Waals surface area contributed by atoms with Crippen LogP contribution in [0.15, 0.2) is 12.2 Å². The third kappa shape index (κ3) is 47.9. The quantitative estimate of drug-likeness (QED) is 0.0322. The first-order valence-electron chi connectivity index (χ1n) is 27.4. The maximum Gasteiger partial charge on any atom is 0.305 e. The number of allylic oxidation sites excluding steroid dienone is 2. The summed E-state index contributed by atoms with van der Waals surface area (Å²) < 4.78 is 5.45. The normalized spacial score (nSPS) is 12.7. The molecule has 61 heavy (non-hydrogen) atoms. The van der Waals surface area contributed by atoms with Gasteiger partial charge in [0.1, 0.15) is 0 Å². The lowest BCUT2D eigenvalue weighted by Crippen LogP contribution is -2.45. The van der Waals surface area contributed by atoms with Crippen LogP contribution in [0.2, 0.25) is 0 Å². The fraction of sp³-hybridized carbons (Fsp3) is 0.927. The van der Waals surface area contributed by atoms with Gasteiger partial charge in [0.25, 0.3) is 0 Å². The molecule has 0 aliphatic carbocycles. The summed E-state index contributed by atoms with van der Waals surface area (Å²) in [7, 11) is 0. The first kappa shape index (κ1) is 59.6.